The van der Waals surface area contributed by atoms with Crippen molar-refractivity contribution in [2.75, 3.05) is 33.3 Å². The second-order valence-electron chi connectivity index (χ2n) is 8.04. The molecule has 1 aromatic carbocycles. The molecule has 1 spiro atoms. The molecule has 150 valence electrons. The number of methoxy groups -OCH3 is 1. The molecule has 2 aliphatic rings. The van der Waals surface area contributed by atoms with Crippen molar-refractivity contribution in [2.45, 2.75) is 32.4 Å². The van der Waals surface area contributed by atoms with Gasteiger partial charge in [0.05, 0.1) is 7.11 Å². The maximum atomic E-state index is 14.2. The van der Waals surface area contributed by atoms with Gasteiger partial charge in [-0.3, -0.25) is 14.4 Å². The molecule has 2 aliphatic heterocycles. The van der Waals surface area contributed by atoms with Crippen LogP contribution in [0.3, 0.4) is 0 Å². The number of piperidine rings is 1. The largest absolute Gasteiger partial charge is 0.497 e. The standard InChI is InChI=1S/C21H27FN4O2/c1-28-18-4-5-19(22)17(12-18)13-24-9-2-6-21(15-24)7-11-25(16-21)20(27)14-26-10-3-8-23-26/h3-5,8,10,12H,2,6-7,9,11,13-16H2,1H3. The fourth-order valence-corrected chi connectivity index (χ4v) is 4.60. The molecule has 1 aromatic heterocycles. The van der Waals surface area contributed by atoms with Crippen molar-refractivity contribution in [3.8, 4) is 5.75 Å². The van der Waals surface area contributed by atoms with Gasteiger partial charge in [-0.2, -0.15) is 5.10 Å². The maximum absolute atomic E-state index is 14.2. The number of carbonyl (C=O) groups is 1. The highest BCUT2D eigenvalue weighted by Crippen LogP contribution is 2.39. The number of carbonyl (C=O) groups excluding carboxylic acids is 1. The average molecular weight is 386 g/mol. The van der Waals surface area contributed by atoms with Gasteiger partial charge in [0.25, 0.3) is 0 Å². The molecule has 2 fully saturated rings. The van der Waals surface area contributed by atoms with Gasteiger partial charge in [-0.15, -0.1) is 0 Å². The molecule has 1 amide bonds. The predicted octanol–water partition coefficient (Wildman–Crippen LogP) is 2.55. The van der Waals surface area contributed by atoms with Crippen LogP contribution in [0.2, 0.25) is 0 Å². The van der Waals surface area contributed by atoms with Crippen molar-refractivity contribution >= 4 is 5.91 Å². The monoisotopic (exact) mass is 386 g/mol. The minimum absolute atomic E-state index is 0.118. The van der Waals surface area contributed by atoms with E-state index in [9.17, 15) is 9.18 Å². The van der Waals surface area contributed by atoms with E-state index in [4.69, 9.17) is 4.74 Å². The van der Waals surface area contributed by atoms with Crippen molar-refractivity contribution in [3.05, 3.63) is 48.0 Å². The van der Waals surface area contributed by atoms with E-state index in [1.165, 1.54) is 6.07 Å². The Morgan fingerprint density at radius 2 is 2.18 bits per heavy atom. The van der Waals surface area contributed by atoms with Crippen LogP contribution in [0.5, 0.6) is 5.75 Å². The molecule has 4 rings (SSSR count). The second-order valence-corrected chi connectivity index (χ2v) is 8.04. The number of hydrogen-bond acceptors (Lipinski definition) is 4. The summed E-state index contributed by atoms with van der Waals surface area (Å²) in [6.07, 6.45) is 6.71. The lowest BCUT2D eigenvalue weighted by Crippen LogP contribution is -2.45. The number of benzene rings is 1. The molecule has 2 aromatic rings. The van der Waals surface area contributed by atoms with E-state index >= 15 is 0 Å². The molecule has 1 atom stereocenters. The van der Waals surface area contributed by atoms with Crippen molar-refractivity contribution < 1.29 is 13.9 Å². The number of rotatable bonds is 5. The van der Waals surface area contributed by atoms with Crippen molar-refractivity contribution in [1.29, 1.82) is 0 Å². The molecule has 7 heteroatoms. The van der Waals surface area contributed by atoms with Gasteiger partial charge in [0.2, 0.25) is 5.91 Å². The van der Waals surface area contributed by atoms with Crippen LogP contribution in [0.4, 0.5) is 4.39 Å². The molecule has 0 N–H and O–H groups in total. The SMILES string of the molecule is COc1ccc(F)c(CN2CCCC3(CCN(C(=O)Cn4cccn4)C3)C2)c1. The zero-order valence-corrected chi connectivity index (χ0v) is 16.3. The Kier molecular flexibility index (Phi) is 5.35. The number of ether oxygens (including phenoxy) is 1. The highest BCUT2D eigenvalue weighted by Gasteiger charge is 2.42. The summed E-state index contributed by atoms with van der Waals surface area (Å²) >= 11 is 0. The van der Waals surface area contributed by atoms with Crippen molar-refractivity contribution in [2.24, 2.45) is 5.41 Å². The molecule has 0 radical (unpaired) electrons. The Labute approximate surface area is 164 Å². The molecular weight excluding hydrogens is 359 g/mol. The van der Waals surface area contributed by atoms with Crippen LogP contribution in [0, 0.1) is 11.2 Å². The summed E-state index contributed by atoms with van der Waals surface area (Å²) in [5.41, 5.74) is 0.786. The Hall–Kier alpha value is -2.41. The Balaban J connectivity index is 1.39. The highest BCUT2D eigenvalue weighted by molar-refractivity contribution is 5.76. The van der Waals surface area contributed by atoms with E-state index in [1.807, 2.05) is 17.2 Å². The van der Waals surface area contributed by atoms with Crippen molar-refractivity contribution in [3.63, 3.8) is 0 Å². The van der Waals surface area contributed by atoms with Crippen LogP contribution in [0.25, 0.3) is 0 Å². The minimum Gasteiger partial charge on any atom is -0.497 e. The van der Waals surface area contributed by atoms with Gasteiger partial charge in [-0.25, -0.2) is 4.39 Å². The number of aromatic nitrogens is 2. The third-order valence-electron chi connectivity index (χ3n) is 6.03. The van der Waals surface area contributed by atoms with Crippen LogP contribution in [-0.2, 0) is 17.9 Å². The summed E-state index contributed by atoms with van der Waals surface area (Å²) in [7, 11) is 1.60. The van der Waals surface area contributed by atoms with Gasteiger partial charge in [-0.1, -0.05) is 0 Å². The number of hydrogen-bond donors (Lipinski definition) is 0. The lowest BCUT2D eigenvalue weighted by molar-refractivity contribution is -0.131. The fourth-order valence-electron chi connectivity index (χ4n) is 4.60. The van der Waals surface area contributed by atoms with Gasteiger partial charge >= 0.3 is 0 Å². The molecule has 28 heavy (non-hydrogen) atoms. The van der Waals surface area contributed by atoms with Crippen LogP contribution in [0.1, 0.15) is 24.8 Å². The molecular formula is C21H27FN4O2. The molecule has 0 bridgehead atoms. The Morgan fingerprint density at radius 3 is 2.96 bits per heavy atom. The lowest BCUT2D eigenvalue weighted by atomic mass is 9.79. The first-order valence-electron chi connectivity index (χ1n) is 9.87. The summed E-state index contributed by atoms with van der Waals surface area (Å²) < 4.78 is 21.1. The smallest absolute Gasteiger partial charge is 0.244 e. The summed E-state index contributed by atoms with van der Waals surface area (Å²) in [6, 6.07) is 6.73. The zero-order chi connectivity index (χ0) is 19.6. The average Bonchev–Trinajstić information content (AvgIpc) is 3.34. The van der Waals surface area contributed by atoms with Crippen LogP contribution >= 0.6 is 0 Å². The quantitative estimate of drug-likeness (QED) is 0.793. The third kappa shape index (κ3) is 4.04. The van der Waals surface area contributed by atoms with Crippen molar-refractivity contribution in [1.82, 2.24) is 19.6 Å². The first-order valence-corrected chi connectivity index (χ1v) is 9.87. The van der Waals surface area contributed by atoms with Gasteiger partial charge in [0.15, 0.2) is 0 Å². The lowest BCUT2D eigenvalue weighted by Gasteiger charge is -2.40. The molecule has 2 saturated heterocycles. The molecule has 6 nitrogen and oxygen atoms in total. The van der Waals surface area contributed by atoms with E-state index in [0.29, 0.717) is 24.4 Å². The molecule has 3 heterocycles. The minimum atomic E-state index is -0.192. The van der Waals surface area contributed by atoms with E-state index in [-0.39, 0.29) is 17.1 Å². The number of likely N-dealkylation sites (tertiary alicyclic amines) is 2. The van der Waals surface area contributed by atoms with E-state index in [1.54, 1.807) is 30.1 Å². The first-order chi connectivity index (χ1) is 13.6. The summed E-state index contributed by atoms with van der Waals surface area (Å²) in [4.78, 5) is 16.9. The van der Waals surface area contributed by atoms with E-state index < -0.39 is 0 Å². The maximum Gasteiger partial charge on any atom is 0.244 e. The van der Waals surface area contributed by atoms with Crippen LogP contribution < -0.4 is 4.74 Å². The zero-order valence-electron chi connectivity index (χ0n) is 16.3. The summed E-state index contributed by atoms with van der Waals surface area (Å²) in [5.74, 6) is 0.610. The van der Waals surface area contributed by atoms with Crippen LogP contribution in [0.15, 0.2) is 36.7 Å². The third-order valence-corrected chi connectivity index (χ3v) is 6.03. The predicted molar refractivity (Wildman–Crippen MR) is 103 cm³/mol. The Morgan fingerprint density at radius 1 is 1.29 bits per heavy atom. The number of halogens is 1. The van der Waals surface area contributed by atoms with Gasteiger partial charge in [-0.05, 0) is 50.1 Å². The van der Waals surface area contributed by atoms with E-state index in [0.717, 1.165) is 45.4 Å². The first kappa shape index (κ1) is 18.9. The summed E-state index contributed by atoms with van der Waals surface area (Å²) in [6.45, 7) is 4.30. The van der Waals surface area contributed by atoms with Crippen LogP contribution in [-0.4, -0.2) is 58.8 Å². The Bertz CT molecular complexity index is 826. The highest BCUT2D eigenvalue weighted by atomic mass is 19.1. The van der Waals surface area contributed by atoms with Gasteiger partial charge in [0, 0.05) is 49.6 Å². The van der Waals surface area contributed by atoms with E-state index in [2.05, 4.69) is 10.00 Å². The number of nitrogens with zero attached hydrogens (tertiary/aromatic N) is 4. The van der Waals surface area contributed by atoms with Gasteiger partial charge in [0.1, 0.15) is 18.1 Å². The van der Waals surface area contributed by atoms with Gasteiger partial charge < -0.3 is 9.64 Å². The second kappa shape index (κ2) is 7.91. The number of amides is 1. The molecule has 0 aliphatic carbocycles. The molecule has 0 saturated carbocycles. The topological polar surface area (TPSA) is 50.6 Å². The molecule has 1 unspecified atom stereocenters. The summed E-state index contributed by atoms with van der Waals surface area (Å²) in [5, 5.41) is 4.13. The normalized spacial score (nSPS) is 22.7. The fraction of sp³-hybridized carbons (Fsp3) is 0.524.